The lowest BCUT2D eigenvalue weighted by molar-refractivity contribution is 0.0686. The maximum Gasteiger partial charge on any atom is 0.358 e. The normalized spacial score (nSPS) is 10.2. The first-order chi connectivity index (χ1) is 7.18. The highest BCUT2D eigenvalue weighted by atomic mass is 19.1. The van der Waals surface area contributed by atoms with Gasteiger partial charge < -0.3 is 9.63 Å². The van der Waals surface area contributed by atoms with Crippen molar-refractivity contribution in [1.29, 1.82) is 0 Å². The molecule has 5 nitrogen and oxygen atoms in total. The van der Waals surface area contributed by atoms with E-state index in [0.29, 0.717) is 0 Å². The van der Waals surface area contributed by atoms with E-state index in [1.165, 1.54) is 18.3 Å². The molecule has 15 heavy (non-hydrogen) atoms. The van der Waals surface area contributed by atoms with Gasteiger partial charge in [-0.15, -0.1) is 0 Å². The van der Waals surface area contributed by atoms with E-state index in [-0.39, 0.29) is 17.1 Å². The number of hydrogen-bond donors (Lipinski definition) is 1. The van der Waals surface area contributed by atoms with E-state index in [1.807, 2.05) is 0 Å². The summed E-state index contributed by atoms with van der Waals surface area (Å²) in [6, 6.07) is 3.74. The molecular weight excluding hydrogens is 203 g/mol. The van der Waals surface area contributed by atoms with Gasteiger partial charge in [-0.25, -0.2) is 14.2 Å². The van der Waals surface area contributed by atoms with E-state index < -0.39 is 11.8 Å². The molecule has 0 bridgehead atoms. The molecule has 2 aromatic rings. The van der Waals surface area contributed by atoms with Crippen LogP contribution < -0.4 is 0 Å². The maximum absolute atomic E-state index is 13.2. The Morgan fingerprint density at radius 3 is 2.93 bits per heavy atom. The number of aromatic carboxylic acids is 1. The quantitative estimate of drug-likeness (QED) is 0.810. The van der Waals surface area contributed by atoms with Crippen LogP contribution in [-0.2, 0) is 0 Å². The minimum absolute atomic E-state index is 0.00880. The van der Waals surface area contributed by atoms with Gasteiger partial charge >= 0.3 is 5.97 Å². The minimum atomic E-state index is -1.23. The van der Waals surface area contributed by atoms with Crippen LogP contribution in [0.25, 0.3) is 11.5 Å². The van der Waals surface area contributed by atoms with Crippen LogP contribution in [0, 0.1) is 5.82 Å². The zero-order valence-electron chi connectivity index (χ0n) is 7.35. The average molecular weight is 208 g/mol. The number of hydrogen-bond acceptors (Lipinski definition) is 4. The summed E-state index contributed by atoms with van der Waals surface area (Å²) in [5.41, 5.74) is -0.340. The van der Waals surface area contributed by atoms with Crippen molar-refractivity contribution in [3.05, 3.63) is 35.9 Å². The van der Waals surface area contributed by atoms with Crippen LogP contribution in [0.2, 0.25) is 0 Å². The average Bonchev–Trinajstić information content (AvgIpc) is 2.67. The second-order valence-corrected chi connectivity index (χ2v) is 2.72. The number of nitrogens with zero attached hydrogens (tertiary/aromatic N) is 2. The van der Waals surface area contributed by atoms with Crippen molar-refractivity contribution in [3.8, 4) is 11.5 Å². The summed E-state index contributed by atoms with van der Waals surface area (Å²) < 4.78 is 17.8. The third kappa shape index (κ3) is 1.69. The summed E-state index contributed by atoms with van der Waals surface area (Å²) in [7, 11) is 0. The number of pyridine rings is 1. The van der Waals surface area contributed by atoms with E-state index in [1.54, 1.807) is 0 Å². The number of rotatable bonds is 2. The molecule has 76 valence electrons. The molecule has 0 aliphatic rings. The first kappa shape index (κ1) is 9.32. The van der Waals surface area contributed by atoms with E-state index in [9.17, 15) is 9.18 Å². The van der Waals surface area contributed by atoms with Crippen molar-refractivity contribution in [2.24, 2.45) is 0 Å². The fraction of sp³-hybridized carbons (Fsp3) is 0. The Kier molecular flexibility index (Phi) is 2.17. The lowest BCUT2D eigenvalue weighted by Gasteiger charge is -1.94. The molecule has 0 atom stereocenters. The van der Waals surface area contributed by atoms with Crippen LogP contribution >= 0.6 is 0 Å². The van der Waals surface area contributed by atoms with Crippen molar-refractivity contribution in [1.82, 2.24) is 10.1 Å². The Bertz CT molecular complexity index is 510. The van der Waals surface area contributed by atoms with Crippen molar-refractivity contribution in [2.45, 2.75) is 0 Å². The zero-order valence-corrected chi connectivity index (χ0v) is 7.35. The molecule has 0 spiro atoms. The summed E-state index contributed by atoms with van der Waals surface area (Å²) in [4.78, 5) is 14.2. The molecule has 0 aliphatic carbocycles. The molecule has 6 heteroatoms. The van der Waals surface area contributed by atoms with Gasteiger partial charge in [0.05, 0.1) is 0 Å². The van der Waals surface area contributed by atoms with Crippen LogP contribution in [0.4, 0.5) is 4.39 Å². The molecule has 0 aromatic carbocycles. The summed E-state index contributed by atoms with van der Waals surface area (Å²) in [6.07, 6.45) is 1.38. The van der Waals surface area contributed by atoms with Crippen molar-refractivity contribution >= 4 is 5.97 Å². The summed E-state index contributed by atoms with van der Waals surface area (Å²) in [5, 5.41) is 11.8. The molecule has 2 rings (SSSR count). The number of carbonyl (C=O) groups is 1. The van der Waals surface area contributed by atoms with E-state index in [2.05, 4.69) is 14.7 Å². The Morgan fingerprint density at radius 1 is 1.53 bits per heavy atom. The third-order valence-electron chi connectivity index (χ3n) is 1.72. The molecule has 0 radical (unpaired) electrons. The van der Waals surface area contributed by atoms with Gasteiger partial charge in [0.25, 0.3) is 0 Å². The van der Waals surface area contributed by atoms with Gasteiger partial charge in [-0.3, -0.25) is 0 Å². The monoisotopic (exact) mass is 208 g/mol. The second kappa shape index (κ2) is 3.49. The van der Waals surface area contributed by atoms with Crippen LogP contribution in [0.5, 0.6) is 0 Å². The Labute approximate surface area is 83.2 Å². The fourth-order valence-corrected chi connectivity index (χ4v) is 1.05. The highest BCUT2D eigenvalue weighted by Crippen LogP contribution is 2.20. The van der Waals surface area contributed by atoms with Gasteiger partial charge in [-0.2, -0.15) is 0 Å². The Hall–Kier alpha value is -2.24. The largest absolute Gasteiger partial charge is 0.476 e. The van der Waals surface area contributed by atoms with Crippen LogP contribution in [0.1, 0.15) is 10.5 Å². The van der Waals surface area contributed by atoms with Gasteiger partial charge in [-0.1, -0.05) is 5.16 Å². The van der Waals surface area contributed by atoms with E-state index in [0.717, 1.165) is 6.07 Å². The predicted molar refractivity (Wildman–Crippen MR) is 46.7 cm³/mol. The predicted octanol–water partition coefficient (Wildman–Crippen LogP) is 1.57. The smallest absolute Gasteiger partial charge is 0.358 e. The van der Waals surface area contributed by atoms with Gasteiger partial charge in [0.1, 0.15) is 5.69 Å². The fourth-order valence-electron chi connectivity index (χ4n) is 1.05. The van der Waals surface area contributed by atoms with Crippen LogP contribution in [0.15, 0.2) is 28.9 Å². The summed E-state index contributed by atoms with van der Waals surface area (Å²) in [6.45, 7) is 0. The second-order valence-electron chi connectivity index (χ2n) is 2.72. The van der Waals surface area contributed by atoms with E-state index >= 15 is 0 Å². The molecular formula is C9H5FN2O3. The van der Waals surface area contributed by atoms with Crippen molar-refractivity contribution in [2.75, 3.05) is 0 Å². The number of carboxylic acids is 1. The molecule has 0 saturated carbocycles. The highest BCUT2D eigenvalue weighted by molar-refractivity contribution is 5.86. The molecule has 0 fully saturated rings. The standard InChI is InChI=1S/C9H5FN2O3/c10-5-2-1-3-11-8(5)7-4-6(9(13)14)12-15-7/h1-4H,(H,13,14). The highest BCUT2D eigenvalue weighted by Gasteiger charge is 2.15. The third-order valence-corrected chi connectivity index (χ3v) is 1.72. The number of aromatic nitrogens is 2. The van der Waals surface area contributed by atoms with Gasteiger partial charge in [0.2, 0.25) is 0 Å². The summed E-state index contributed by atoms with van der Waals surface area (Å²) >= 11 is 0. The van der Waals surface area contributed by atoms with Gasteiger partial charge in [0, 0.05) is 12.3 Å². The molecule has 0 amide bonds. The molecule has 2 heterocycles. The Morgan fingerprint density at radius 2 is 2.33 bits per heavy atom. The lowest BCUT2D eigenvalue weighted by Crippen LogP contribution is -1.94. The topological polar surface area (TPSA) is 76.2 Å². The zero-order chi connectivity index (χ0) is 10.8. The van der Waals surface area contributed by atoms with Gasteiger partial charge in [0.15, 0.2) is 17.3 Å². The van der Waals surface area contributed by atoms with E-state index in [4.69, 9.17) is 5.11 Å². The molecule has 0 unspecified atom stereocenters. The molecule has 1 N–H and O–H groups in total. The van der Waals surface area contributed by atoms with Crippen LogP contribution in [0.3, 0.4) is 0 Å². The van der Waals surface area contributed by atoms with Crippen LogP contribution in [-0.4, -0.2) is 21.2 Å². The van der Waals surface area contributed by atoms with Crippen molar-refractivity contribution < 1.29 is 18.8 Å². The maximum atomic E-state index is 13.2. The first-order valence-electron chi connectivity index (χ1n) is 3.99. The number of halogens is 1. The minimum Gasteiger partial charge on any atom is -0.476 e. The first-order valence-corrected chi connectivity index (χ1v) is 3.99. The van der Waals surface area contributed by atoms with Crippen molar-refractivity contribution in [3.63, 3.8) is 0 Å². The molecule has 0 aliphatic heterocycles. The van der Waals surface area contributed by atoms with Gasteiger partial charge in [-0.05, 0) is 12.1 Å². The number of carboxylic acid groups (broad SMARTS) is 1. The Balaban J connectivity index is 2.46. The SMILES string of the molecule is O=C(O)c1cc(-c2ncccc2F)on1. The molecule has 2 aromatic heterocycles. The summed E-state index contributed by atoms with van der Waals surface area (Å²) in [5.74, 6) is -1.84. The molecule has 0 saturated heterocycles. The lowest BCUT2D eigenvalue weighted by atomic mass is 10.2.